The lowest BCUT2D eigenvalue weighted by Gasteiger charge is -2.44. The van der Waals surface area contributed by atoms with E-state index in [0.29, 0.717) is 30.3 Å². The number of hydrogen-bond donors (Lipinski definition) is 1. The van der Waals surface area contributed by atoms with Crippen molar-refractivity contribution in [3.63, 3.8) is 0 Å². The number of aromatic nitrogens is 2. The zero-order chi connectivity index (χ0) is 22.0. The summed E-state index contributed by atoms with van der Waals surface area (Å²) in [7, 11) is -1.88. The van der Waals surface area contributed by atoms with Crippen molar-refractivity contribution in [3.05, 3.63) is 41.7 Å². The van der Waals surface area contributed by atoms with Gasteiger partial charge < -0.3 is 4.90 Å². The highest BCUT2D eigenvalue weighted by atomic mass is 32.2. The van der Waals surface area contributed by atoms with Gasteiger partial charge in [-0.3, -0.25) is 19.4 Å². The second-order valence-corrected chi connectivity index (χ2v) is 10.6. The van der Waals surface area contributed by atoms with Gasteiger partial charge in [0, 0.05) is 36.9 Å². The van der Waals surface area contributed by atoms with Gasteiger partial charge in [-0.25, -0.2) is 13.1 Å². The summed E-state index contributed by atoms with van der Waals surface area (Å²) in [5, 5.41) is 4.19. The van der Waals surface area contributed by atoms with Crippen molar-refractivity contribution >= 4 is 27.6 Å². The van der Waals surface area contributed by atoms with Gasteiger partial charge in [-0.1, -0.05) is 0 Å². The molecule has 3 aliphatic rings. The SMILES string of the molecule is C[C@@H]1CCN=C2N(Cc3cnn(C)c3)C(=O)c3cc(S(=O)(=O)NC4(C)CC4)ccc3N21. The summed E-state index contributed by atoms with van der Waals surface area (Å²) in [5.74, 6) is 0.358. The van der Waals surface area contributed by atoms with Crippen molar-refractivity contribution < 1.29 is 13.2 Å². The summed E-state index contributed by atoms with van der Waals surface area (Å²) in [6.45, 7) is 4.95. The molecule has 1 atom stereocenters. The molecule has 9 nitrogen and oxygen atoms in total. The Bertz CT molecular complexity index is 1200. The number of nitrogens with zero attached hydrogens (tertiary/aromatic N) is 5. The van der Waals surface area contributed by atoms with Crippen molar-refractivity contribution in [3.8, 4) is 0 Å². The highest BCUT2D eigenvalue weighted by Gasteiger charge is 2.43. The maximum atomic E-state index is 13.5. The van der Waals surface area contributed by atoms with Gasteiger partial charge >= 0.3 is 0 Å². The molecule has 2 aromatic rings. The van der Waals surface area contributed by atoms with Crippen molar-refractivity contribution in [1.29, 1.82) is 0 Å². The molecule has 1 N–H and O–H groups in total. The van der Waals surface area contributed by atoms with Gasteiger partial charge in [0.05, 0.1) is 28.9 Å². The van der Waals surface area contributed by atoms with Crippen LogP contribution in [0.25, 0.3) is 0 Å². The van der Waals surface area contributed by atoms with E-state index >= 15 is 0 Å². The molecule has 3 heterocycles. The number of carbonyl (C=O) groups is 1. The maximum Gasteiger partial charge on any atom is 0.263 e. The first-order valence-corrected chi connectivity index (χ1v) is 12.0. The smallest absolute Gasteiger partial charge is 0.263 e. The predicted octanol–water partition coefficient (Wildman–Crippen LogP) is 1.86. The number of sulfonamides is 1. The van der Waals surface area contributed by atoms with Crippen LogP contribution in [0, 0.1) is 0 Å². The molecule has 0 spiro atoms. The highest BCUT2D eigenvalue weighted by molar-refractivity contribution is 7.89. The van der Waals surface area contributed by atoms with E-state index in [1.54, 1.807) is 27.9 Å². The molecule has 0 unspecified atom stereocenters. The molecular weight excluding hydrogens is 416 g/mol. The van der Waals surface area contributed by atoms with Crippen LogP contribution in [0.5, 0.6) is 0 Å². The number of anilines is 1. The van der Waals surface area contributed by atoms with E-state index < -0.39 is 10.0 Å². The Hall–Kier alpha value is -2.72. The first kappa shape index (κ1) is 20.2. The Kier molecular flexibility index (Phi) is 4.49. The Morgan fingerprint density at radius 2 is 2.06 bits per heavy atom. The molecule has 0 saturated heterocycles. The average Bonchev–Trinajstić information content (AvgIpc) is 3.28. The molecular formula is C21H26N6O3S. The molecule has 2 aliphatic heterocycles. The van der Waals surface area contributed by atoms with Crippen molar-refractivity contribution in [1.82, 2.24) is 19.4 Å². The summed E-state index contributed by atoms with van der Waals surface area (Å²) < 4.78 is 30.3. The zero-order valence-corrected chi connectivity index (χ0v) is 18.7. The molecule has 1 saturated carbocycles. The van der Waals surface area contributed by atoms with Crippen molar-refractivity contribution in [2.45, 2.75) is 56.1 Å². The van der Waals surface area contributed by atoms with Crippen LogP contribution in [0.3, 0.4) is 0 Å². The minimum atomic E-state index is -3.71. The summed E-state index contributed by atoms with van der Waals surface area (Å²) >= 11 is 0. The summed E-state index contributed by atoms with van der Waals surface area (Å²) in [4.78, 5) is 22.0. The van der Waals surface area contributed by atoms with Crippen LogP contribution in [0.1, 0.15) is 49.0 Å². The minimum absolute atomic E-state index is 0.110. The van der Waals surface area contributed by atoms with Crippen LogP contribution in [-0.2, 0) is 23.6 Å². The van der Waals surface area contributed by atoms with Crippen LogP contribution in [0.15, 0.2) is 40.5 Å². The molecule has 1 aromatic heterocycles. The normalized spacial score (nSPS) is 22.1. The quantitative estimate of drug-likeness (QED) is 0.762. The number of fused-ring (bicyclic) bond motifs is 3. The highest BCUT2D eigenvalue weighted by Crippen LogP contribution is 2.38. The Labute approximate surface area is 181 Å². The number of hydrogen-bond acceptors (Lipinski definition) is 6. The lowest BCUT2D eigenvalue weighted by Crippen LogP contribution is -2.56. The van der Waals surface area contributed by atoms with E-state index in [0.717, 1.165) is 24.8 Å². The third-order valence-corrected chi connectivity index (χ3v) is 7.83. The third-order valence-electron chi connectivity index (χ3n) is 6.19. The Morgan fingerprint density at radius 1 is 1.29 bits per heavy atom. The lowest BCUT2D eigenvalue weighted by atomic mass is 10.0. The fourth-order valence-corrected chi connectivity index (χ4v) is 5.66. The Morgan fingerprint density at radius 3 is 2.74 bits per heavy atom. The predicted molar refractivity (Wildman–Crippen MR) is 116 cm³/mol. The van der Waals surface area contributed by atoms with Crippen LogP contribution in [0.2, 0.25) is 0 Å². The number of nitrogens with one attached hydrogen (secondary N) is 1. The number of benzene rings is 1. The van der Waals surface area contributed by atoms with E-state index in [-0.39, 0.29) is 22.4 Å². The Balaban J connectivity index is 1.57. The van der Waals surface area contributed by atoms with Crippen LogP contribution in [-0.4, -0.2) is 53.1 Å². The number of carbonyl (C=O) groups excluding carboxylic acids is 1. The number of amides is 1. The zero-order valence-electron chi connectivity index (χ0n) is 17.9. The first-order chi connectivity index (χ1) is 14.7. The number of rotatable bonds is 5. The number of aryl methyl sites for hydroxylation is 1. The van der Waals surface area contributed by atoms with Gasteiger partial charge in [0.15, 0.2) is 0 Å². The van der Waals surface area contributed by atoms with E-state index in [4.69, 9.17) is 0 Å². The lowest BCUT2D eigenvalue weighted by molar-refractivity contribution is 0.0829. The fraction of sp³-hybridized carbons (Fsp3) is 0.476. The number of aliphatic imine (C=N–C) groups is 1. The van der Waals surface area contributed by atoms with Gasteiger partial charge in [0.1, 0.15) is 0 Å². The number of guanidine groups is 1. The van der Waals surface area contributed by atoms with E-state index in [9.17, 15) is 13.2 Å². The standard InChI is InChI=1S/C21H26N6O3S/c1-14-6-9-22-20-26(13-15-11-23-25(3)12-15)19(28)17-10-16(4-5-18(17)27(14)20)31(29,30)24-21(2)7-8-21/h4-5,10-12,14,24H,6-9,13H2,1-3H3/t14-/m1/s1. The molecule has 1 aromatic carbocycles. The van der Waals surface area contributed by atoms with E-state index in [2.05, 4.69) is 21.7 Å². The molecule has 0 bridgehead atoms. The van der Waals surface area contributed by atoms with Gasteiger partial charge in [0.2, 0.25) is 16.0 Å². The van der Waals surface area contributed by atoms with Crippen LogP contribution >= 0.6 is 0 Å². The molecule has 1 aliphatic carbocycles. The van der Waals surface area contributed by atoms with Gasteiger partial charge in [-0.2, -0.15) is 5.10 Å². The molecule has 10 heteroatoms. The van der Waals surface area contributed by atoms with Crippen LogP contribution in [0.4, 0.5) is 5.69 Å². The minimum Gasteiger partial charge on any atom is -0.309 e. The molecule has 0 radical (unpaired) electrons. The van der Waals surface area contributed by atoms with E-state index in [1.807, 2.05) is 25.1 Å². The van der Waals surface area contributed by atoms with E-state index in [1.165, 1.54) is 6.07 Å². The summed E-state index contributed by atoms with van der Waals surface area (Å²) in [6, 6.07) is 4.95. The molecule has 31 heavy (non-hydrogen) atoms. The van der Waals surface area contributed by atoms with Crippen LogP contribution < -0.4 is 9.62 Å². The van der Waals surface area contributed by atoms with Crippen molar-refractivity contribution in [2.24, 2.45) is 12.0 Å². The summed E-state index contributed by atoms with van der Waals surface area (Å²) in [5.41, 5.74) is 1.58. The molecule has 1 fully saturated rings. The van der Waals surface area contributed by atoms with Gasteiger partial charge in [-0.05, 0) is 51.3 Å². The molecule has 164 valence electrons. The first-order valence-electron chi connectivity index (χ1n) is 10.5. The van der Waals surface area contributed by atoms with Crippen molar-refractivity contribution in [2.75, 3.05) is 11.4 Å². The molecule has 5 rings (SSSR count). The molecule has 1 amide bonds. The monoisotopic (exact) mass is 442 g/mol. The van der Waals surface area contributed by atoms with Gasteiger partial charge in [0.25, 0.3) is 5.91 Å². The third kappa shape index (κ3) is 3.53. The summed E-state index contributed by atoms with van der Waals surface area (Å²) in [6.07, 6.45) is 6.08. The second kappa shape index (κ2) is 6.89. The second-order valence-electron chi connectivity index (χ2n) is 8.95. The largest absolute Gasteiger partial charge is 0.309 e. The fourth-order valence-electron chi connectivity index (χ4n) is 4.17. The maximum absolute atomic E-state index is 13.5. The average molecular weight is 443 g/mol. The van der Waals surface area contributed by atoms with Gasteiger partial charge in [-0.15, -0.1) is 0 Å². The topological polar surface area (TPSA) is 99.9 Å².